The summed E-state index contributed by atoms with van der Waals surface area (Å²) >= 11 is 0. The molecule has 1 rings (SSSR count). The molecule has 1 aliphatic carbocycles. The van der Waals surface area contributed by atoms with Crippen LogP contribution in [-0.4, -0.2) is 0 Å². The molecule has 1 radical (unpaired) electrons. The van der Waals surface area contributed by atoms with Gasteiger partial charge in [0.05, 0.1) is 0 Å². The summed E-state index contributed by atoms with van der Waals surface area (Å²) in [6.45, 7) is 2.19. The first-order valence-corrected chi connectivity index (χ1v) is 3.53. The van der Waals surface area contributed by atoms with Crippen molar-refractivity contribution in [2.45, 2.75) is 26.2 Å². The summed E-state index contributed by atoms with van der Waals surface area (Å²) < 4.78 is 0. The summed E-state index contributed by atoms with van der Waals surface area (Å²) in [6.07, 6.45) is 12.5. The average Bonchev–Trinajstić information content (AvgIpc) is 1.79. The van der Waals surface area contributed by atoms with Crippen LogP contribution in [0, 0.1) is 5.92 Å². The Hall–Kier alpha value is -0.520. The molecule has 0 aromatic carbocycles. The summed E-state index contributed by atoms with van der Waals surface area (Å²) in [5, 5.41) is 0. The molecule has 0 spiro atoms. The summed E-state index contributed by atoms with van der Waals surface area (Å²) in [5.74, 6) is 1.50. The normalized spacial score (nSPS) is 28.6. The van der Waals surface area contributed by atoms with Gasteiger partial charge in [-0.1, -0.05) is 31.2 Å². The van der Waals surface area contributed by atoms with Crippen molar-refractivity contribution in [3.63, 3.8) is 0 Å². The largest absolute Gasteiger partial charge is 0.0882 e. The van der Waals surface area contributed by atoms with E-state index in [4.69, 9.17) is 0 Å². The average molecular weight is 121 g/mol. The number of hydrogen-bond acceptors (Lipinski definition) is 0. The highest BCUT2D eigenvalue weighted by Crippen LogP contribution is 2.12. The molecular weight excluding hydrogens is 108 g/mol. The van der Waals surface area contributed by atoms with Crippen LogP contribution in [0.1, 0.15) is 26.2 Å². The maximum Gasteiger partial charge on any atom is -0.00551 e. The van der Waals surface area contributed by atoms with Crippen LogP contribution in [0.25, 0.3) is 0 Å². The molecule has 0 saturated heterocycles. The van der Waals surface area contributed by atoms with E-state index in [1.54, 1.807) is 0 Å². The van der Waals surface area contributed by atoms with Gasteiger partial charge in [-0.15, -0.1) is 0 Å². The van der Waals surface area contributed by atoms with Gasteiger partial charge in [0.2, 0.25) is 0 Å². The van der Waals surface area contributed by atoms with Crippen molar-refractivity contribution >= 4 is 0 Å². The molecular formula is C9H13. The highest BCUT2D eigenvalue weighted by atomic mass is 14.0. The van der Waals surface area contributed by atoms with Crippen LogP contribution in [0.15, 0.2) is 24.3 Å². The van der Waals surface area contributed by atoms with Crippen molar-refractivity contribution in [1.82, 2.24) is 0 Å². The van der Waals surface area contributed by atoms with Crippen LogP contribution in [0.2, 0.25) is 0 Å². The molecule has 0 aromatic heterocycles. The lowest BCUT2D eigenvalue weighted by atomic mass is 10.0. The quantitative estimate of drug-likeness (QED) is 0.432. The molecule has 0 amide bonds. The summed E-state index contributed by atoms with van der Waals surface area (Å²) in [7, 11) is 0. The molecule has 0 atom stereocenters. The fourth-order valence-corrected chi connectivity index (χ4v) is 0.956. The Labute approximate surface area is 57.3 Å². The van der Waals surface area contributed by atoms with Crippen LogP contribution in [-0.2, 0) is 0 Å². The van der Waals surface area contributed by atoms with Gasteiger partial charge in [-0.3, -0.25) is 0 Å². The van der Waals surface area contributed by atoms with Crippen molar-refractivity contribution in [3.05, 3.63) is 30.2 Å². The minimum Gasteiger partial charge on any atom is -0.0882 e. The minimum atomic E-state index is 1.11. The van der Waals surface area contributed by atoms with Gasteiger partial charge in [0.25, 0.3) is 0 Å². The molecule has 0 fully saturated rings. The fourth-order valence-electron chi connectivity index (χ4n) is 0.956. The van der Waals surface area contributed by atoms with Gasteiger partial charge in [0, 0.05) is 0 Å². The van der Waals surface area contributed by atoms with E-state index in [9.17, 15) is 0 Å². The predicted molar refractivity (Wildman–Crippen MR) is 41.0 cm³/mol. The first kappa shape index (κ1) is 6.60. The van der Waals surface area contributed by atoms with E-state index in [-0.39, 0.29) is 0 Å². The third-order valence-corrected chi connectivity index (χ3v) is 1.55. The summed E-state index contributed by atoms with van der Waals surface area (Å²) in [4.78, 5) is 0. The Kier molecular flexibility index (Phi) is 2.56. The molecule has 49 valence electrons. The van der Waals surface area contributed by atoms with E-state index < -0.39 is 0 Å². The lowest BCUT2D eigenvalue weighted by Gasteiger charge is -2.03. The highest BCUT2D eigenvalue weighted by Gasteiger charge is 1.95. The monoisotopic (exact) mass is 121 g/mol. The molecule has 0 aromatic rings. The van der Waals surface area contributed by atoms with Crippen LogP contribution in [0.5, 0.6) is 0 Å². The third-order valence-electron chi connectivity index (χ3n) is 1.55. The Morgan fingerprint density at radius 3 is 3.00 bits per heavy atom. The Balaban J connectivity index is 2.40. The second-order valence-corrected chi connectivity index (χ2v) is 2.49. The lowest BCUT2D eigenvalue weighted by Crippen LogP contribution is -1.86. The molecule has 0 bridgehead atoms. The first-order chi connectivity index (χ1) is 4.39. The zero-order chi connectivity index (χ0) is 6.53. The van der Waals surface area contributed by atoms with E-state index in [0.717, 1.165) is 6.42 Å². The Morgan fingerprint density at radius 1 is 1.22 bits per heavy atom. The minimum absolute atomic E-state index is 1.11. The van der Waals surface area contributed by atoms with Gasteiger partial charge >= 0.3 is 0 Å². The van der Waals surface area contributed by atoms with E-state index in [0.29, 0.717) is 0 Å². The molecule has 0 saturated carbocycles. The predicted octanol–water partition coefficient (Wildman–Crippen LogP) is 2.88. The van der Waals surface area contributed by atoms with Crippen LogP contribution in [0.4, 0.5) is 0 Å². The smallest absolute Gasteiger partial charge is 0.00551 e. The number of hydrogen-bond donors (Lipinski definition) is 0. The second-order valence-electron chi connectivity index (χ2n) is 2.49. The van der Waals surface area contributed by atoms with Crippen molar-refractivity contribution in [2.75, 3.05) is 0 Å². The summed E-state index contributed by atoms with van der Waals surface area (Å²) in [6, 6.07) is 0. The molecule has 1 aliphatic rings. The third kappa shape index (κ3) is 2.50. The molecule has 0 nitrogen and oxygen atoms in total. The van der Waals surface area contributed by atoms with Gasteiger partial charge in [0.1, 0.15) is 0 Å². The van der Waals surface area contributed by atoms with Crippen molar-refractivity contribution in [1.29, 1.82) is 0 Å². The van der Waals surface area contributed by atoms with Gasteiger partial charge in [-0.05, 0) is 25.2 Å². The van der Waals surface area contributed by atoms with Gasteiger partial charge in [0.15, 0.2) is 0 Å². The Bertz CT molecular complexity index is 120. The van der Waals surface area contributed by atoms with E-state index in [2.05, 4.69) is 31.2 Å². The lowest BCUT2D eigenvalue weighted by molar-refractivity contribution is 0.886. The van der Waals surface area contributed by atoms with Crippen LogP contribution in [0.3, 0.4) is 0 Å². The van der Waals surface area contributed by atoms with Crippen molar-refractivity contribution < 1.29 is 0 Å². The van der Waals surface area contributed by atoms with Gasteiger partial charge < -0.3 is 0 Å². The van der Waals surface area contributed by atoms with E-state index >= 15 is 0 Å². The zero-order valence-electron chi connectivity index (χ0n) is 5.93. The van der Waals surface area contributed by atoms with Gasteiger partial charge in [-0.2, -0.15) is 0 Å². The van der Waals surface area contributed by atoms with Crippen LogP contribution >= 0.6 is 0 Å². The number of rotatable bonds is 0. The SMILES string of the molecule is C[C]1/C=C\C/C=C\CC1. The molecule has 0 heteroatoms. The van der Waals surface area contributed by atoms with Crippen molar-refractivity contribution in [3.8, 4) is 0 Å². The molecule has 0 heterocycles. The first-order valence-electron chi connectivity index (χ1n) is 3.53. The standard InChI is InChI=1S/C9H13/c1-9-7-5-3-2-4-6-8-9/h2-3,6,8H,4-5,7H2,1H3/b3-2-,8-6-. The zero-order valence-corrected chi connectivity index (χ0v) is 5.93. The highest BCUT2D eigenvalue weighted by molar-refractivity contribution is 5.11. The Morgan fingerprint density at radius 2 is 2.11 bits per heavy atom. The fraction of sp³-hybridized carbons (Fsp3) is 0.444. The molecule has 0 N–H and O–H groups in total. The number of allylic oxidation sites excluding steroid dienone is 4. The maximum absolute atomic E-state index is 2.26. The van der Waals surface area contributed by atoms with E-state index in [1.165, 1.54) is 18.8 Å². The molecule has 0 unspecified atom stereocenters. The second kappa shape index (κ2) is 3.49. The summed E-state index contributed by atoms with van der Waals surface area (Å²) in [5.41, 5.74) is 0. The maximum atomic E-state index is 2.26. The van der Waals surface area contributed by atoms with E-state index in [1.807, 2.05) is 0 Å². The topological polar surface area (TPSA) is 0 Å². The van der Waals surface area contributed by atoms with Gasteiger partial charge in [-0.25, -0.2) is 0 Å². The molecule has 0 aliphatic heterocycles. The molecule has 9 heavy (non-hydrogen) atoms. The van der Waals surface area contributed by atoms with Crippen molar-refractivity contribution in [2.24, 2.45) is 0 Å². The van der Waals surface area contributed by atoms with Crippen LogP contribution < -0.4 is 0 Å².